The number of phenols is 3. The Kier molecular flexibility index (Phi) is 26.6. The minimum absolute atomic E-state index is 0.0923. The van der Waals surface area contributed by atoms with Crippen molar-refractivity contribution in [3.63, 3.8) is 0 Å². The highest BCUT2D eigenvalue weighted by atomic mass is 19.1. The predicted octanol–water partition coefficient (Wildman–Crippen LogP) is 32.3. The fourth-order valence-electron chi connectivity index (χ4n) is 18.2. The average Bonchev–Trinajstić information content (AvgIpc) is 1.54. The van der Waals surface area contributed by atoms with Crippen LogP contribution in [0.4, 0.5) is 13.2 Å². The van der Waals surface area contributed by atoms with Crippen molar-refractivity contribution in [1.29, 1.82) is 21.0 Å². The number of rotatable bonds is 18. The van der Waals surface area contributed by atoms with Crippen LogP contribution in [-0.2, 0) is 10.8 Å². The van der Waals surface area contributed by atoms with E-state index in [1.165, 1.54) is 79.9 Å². The second kappa shape index (κ2) is 40.8. The fraction of sp³-hybridized carbons (Fsp3) is 0.0159. The van der Waals surface area contributed by atoms with Crippen LogP contribution in [-0.4, -0.2) is 15.3 Å². The highest BCUT2D eigenvalue weighted by Crippen LogP contribution is 2.59. The monoisotopic (exact) mass is 1840 g/mol. The molecule has 22 rings (SSSR count). The summed E-state index contributed by atoms with van der Waals surface area (Å²) in [7, 11) is 0. The molecule has 20 aromatic carbocycles. The van der Waals surface area contributed by atoms with Crippen LogP contribution in [0.2, 0.25) is 0 Å². The quantitative estimate of drug-likeness (QED) is 0.0735. The van der Waals surface area contributed by atoms with Gasteiger partial charge in [-0.1, -0.05) is 293 Å². The Bertz CT molecular complexity index is 8040. The van der Waals surface area contributed by atoms with E-state index in [9.17, 15) is 33.9 Å². The van der Waals surface area contributed by atoms with E-state index in [1.807, 2.05) is 133 Å². The average molecular weight is 1840 g/mol. The standard InChI is InChI=1S/C63H40N2O4.C33H22O2.C15H10FNO.C8H8O.C7H3F2N/c1-3-41-19-29-49(30-20-41)66-59-15-9-17-61(55(59)39-64)68-51-33-25-43-35-47(27-23-45(43)37-51)63(57-13-7-5-11-53(57)54-12-6-8-14-58(54)63)48-28-24-46-38-52(34-26-44(46)36-48)69-62-18-10-16-60(56(62)40-65)67-50-31-21-42(4-2)22-32-50;34-27-15-11-21-17-25(13-9-23(21)19-27)33(26-14-10-24-20-28(35)16-12-22(24)18-26)31-7-3-1-5-29(31)30-6-2-4-8-32(30)33;1-2-11-6-8-12(9-7-11)18-15-5-3-4-14(16)13(15)10-17;1-2-7-3-5-8(9)6-4-7;8-6-2-1-3-7(9)5(6)4-10/h3-38H,1-2H2;1-20,34-35H;2-9H,1H2;2-6,9H,1H2;1-3H. The molecule has 0 spiro atoms. The summed E-state index contributed by atoms with van der Waals surface area (Å²) in [6.07, 6.45) is 6.99. The number of benzene rings is 20. The van der Waals surface area contributed by atoms with Crippen molar-refractivity contribution in [1.82, 2.24) is 0 Å². The van der Waals surface area contributed by atoms with Gasteiger partial charge in [0.05, 0.1) is 10.8 Å². The summed E-state index contributed by atoms with van der Waals surface area (Å²) in [5.74, 6) is 3.41. The smallest absolute Gasteiger partial charge is 0.149 e. The number of nitrogens with zero attached hydrogens (tertiary/aromatic N) is 4. The minimum Gasteiger partial charge on any atom is -0.508 e. The van der Waals surface area contributed by atoms with Crippen LogP contribution in [0, 0.1) is 62.8 Å². The van der Waals surface area contributed by atoms with Gasteiger partial charge < -0.3 is 39.0 Å². The second-order valence-corrected chi connectivity index (χ2v) is 33.2. The third-order valence-corrected chi connectivity index (χ3v) is 24.9. The van der Waals surface area contributed by atoms with E-state index in [-0.39, 0.29) is 22.8 Å². The molecule has 0 aliphatic heterocycles. The maximum atomic E-state index is 13.4. The second-order valence-electron chi connectivity index (χ2n) is 33.2. The Morgan fingerprint density at radius 2 is 0.447 bits per heavy atom. The van der Waals surface area contributed by atoms with Gasteiger partial charge in [-0.05, 0) is 302 Å². The summed E-state index contributed by atoms with van der Waals surface area (Å²) in [5, 5.41) is 74.7. The van der Waals surface area contributed by atoms with E-state index in [0.717, 1.165) is 88.6 Å². The van der Waals surface area contributed by atoms with Gasteiger partial charge in [0.25, 0.3) is 0 Å². The Balaban J connectivity index is 0.000000148. The molecule has 0 aromatic heterocycles. The molecule has 3 N–H and O–H groups in total. The van der Waals surface area contributed by atoms with E-state index < -0.39 is 33.8 Å². The molecular weight excluding hydrogens is 1750 g/mol. The highest BCUT2D eigenvalue weighted by molar-refractivity contribution is 5.95. The van der Waals surface area contributed by atoms with Crippen LogP contribution in [0.1, 0.15) is 89.0 Å². The van der Waals surface area contributed by atoms with Crippen molar-refractivity contribution in [2.24, 2.45) is 0 Å². The van der Waals surface area contributed by atoms with Crippen LogP contribution in [0.3, 0.4) is 0 Å². The maximum Gasteiger partial charge on any atom is 0.149 e. The maximum absolute atomic E-state index is 13.4. The summed E-state index contributed by atoms with van der Waals surface area (Å²) >= 11 is 0. The molecule has 0 saturated carbocycles. The number of ether oxygens (including phenoxy) is 5. The SMILES string of the molecule is C=Cc1ccc(O)cc1.C=Cc1ccc(Oc2cccc(F)c2C#N)cc1.C=Cc1ccc(Oc2cccc(Oc3ccc4cc(C5(c6ccc7cc(Oc8cccc(Oc9ccc(C=C)cc9)c8C#N)ccc7c6)c6ccccc6-c6ccccc65)ccc4c3)c2C#N)cc1.N#Cc1c(F)cccc1F.Oc1ccc2cc(C3(c4ccc5cc(O)ccc5c4)c4ccccc4-c4ccccc43)ccc2c1. The first-order chi connectivity index (χ1) is 68.9. The molecule has 0 fully saturated rings. The normalized spacial score (nSPS) is 11.7. The number of hydrogen-bond acceptors (Lipinski definition) is 12. The van der Waals surface area contributed by atoms with Crippen molar-refractivity contribution < 1.29 is 52.2 Å². The Morgan fingerprint density at radius 3 is 0.745 bits per heavy atom. The van der Waals surface area contributed by atoms with Crippen molar-refractivity contribution in [2.75, 3.05) is 0 Å². The first-order valence-electron chi connectivity index (χ1n) is 44.9. The third-order valence-electron chi connectivity index (χ3n) is 24.9. The number of fused-ring (bicyclic) bond motifs is 10. The van der Waals surface area contributed by atoms with Gasteiger partial charge in [0, 0.05) is 0 Å². The van der Waals surface area contributed by atoms with Gasteiger partial charge in [0.15, 0.2) is 0 Å². The highest BCUT2D eigenvalue weighted by Gasteiger charge is 2.48. The van der Waals surface area contributed by atoms with Crippen molar-refractivity contribution >= 4 is 67.4 Å². The van der Waals surface area contributed by atoms with E-state index >= 15 is 0 Å². The number of hydrogen-bond donors (Lipinski definition) is 3. The lowest BCUT2D eigenvalue weighted by molar-refractivity contribution is 0.457. The van der Waals surface area contributed by atoms with Crippen molar-refractivity contribution in [2.45, 2.75) is 10.8 Å². The molecular formula is C126H83F3N4O8. The first kappa shape index (κ1) is 92.0. The van der Waals surface area contributed by atoms with E-state index in [2.05, 4.69) is 220 Å². The molecule has 0 atom stereocenters. The Labute approximate surface area is 812 Å². The molecule has 676 valence electrons. The minimum atomic E-state index is -0.817. The molecule has 20 aromatic rings. The van der Waals surface area contributed by atoms with Gasteiger partial charge in [0.2, 0.25) is 0 Å². The van der Waals surface area contributed by atoms with Gasteiger partial charge in [-0.25, -0.2) is 13.2 Å². The van der Waals surface area contributed by atoms with Crippen LogP contribution < -0.4 is 23.7 Å². The topological polar surface area (TPSA) is 202 Å². The Morgan fingerprint density at radius 1 is 0.220 bits per heavy atom. The van der Waals surface area contributed by atoms with Crippen molar-refractivity contribution in [3.8, 4) is 121 Å². The fourth-order valence-corrected chi connectivity index (χ4v) is 18.2. The first-order valence-corrected chi connectivity index (χ1v) is 44.9. The largest absolute Gasteiger partial charge is 0.508 e. The lowest BCUT2D eigenvalue weighted by Gasteiger charge is -2.34. The molecule has 0 bridgehead atoms. The molecule has 0 amide bonds. The molecule has 15 heteroatoms. The molecule has 2 aliphatic rings. The van der Waals surface area contributed by atoms with E-state index in [1.54, 1.807) is 97.1 Å². The summed E-state index contributed by atoms with van der Waals surface area (Å²) in [6, 6.07) is 139. The summed E-state index contributed by atoms with van der Waals surface area (Å²) in [6.45, 7) is 14.9. The van der Waals surface area contributed by atoms with Gasteiger partial charge >= 0.3 is 0 Å². The number of phenolic OH excluding ortho intramolecular Hbond substituents is 3. The van der Waals surface area contributed by atoms with Crippen LogP contribution in [0.5, 0.6) is 74.7 Å². The van der Waals surface area contributed by atoms with E-state index in [0.29, 0.717) is 68.6 Å². The Hall–Kier alpha value is -19.5. The summed E-state index contributed by atoms with van der Waals surface area (Å²) in [5.41, 5.74) is 17.2. The van der Waals surface area contributed by atoms with Gasteiger partial charge in [0.1, 0.15) is 139 Å². The molecule has 0 unspecified atom stereocenters. The van der Waals surface area contributed by atoms with Gasteiger partial charge in [-0.2, -0.15) is 21.0 Å². The van der Waals surface area contributed by atoms with Gasteiger partial charge in [-0.3, -0.25) is 0 Å². The summed E-state index contributed by atoms with van der Waals surface area (Å²) < 4.78 is 68.7. The summed E-state index contributed by atoms with van der Waals surface area (Å²) in [4.78, 5) is 0. The van der Waals surface area contributed by atoms with E-state index in [4.69, 9.17) is 39.3 Å². The van der Waals surface area contributed by atoms with Crippen LogP contribution in [0.15, 0.2) is 439 Å². The zero-order valence-corrected chi connectivity index (χ0v) is 75.7. The lowest BCUT2D eigenvalue weighted by Crippen LogP contribution is -2.28. The zero-order valence-electron chi connectivity index (χ0n) is 75.7. The molecule has 0 saturated heterocycles. The molecule has 141 heavy (non-hydrogen) atoms. The number of nitriles is 4. The van der Waals surface area contributed by atoms with Crippen molar-refractivity contribution in [3.05, 3.63) is 545 Å². The van der Waals surface area contributed by atoms with Crippen LogP contribution >= 0.6 is 0 Å². The third kappa shape index (κ3) is 18.8. The lowest BCUT2D eigenvalue weighted by atomic mass is 9.67. The molecule has 2 aliphatic carbocycles. The zero-order chi connectivity index (χ0) is 97.7. The molecule has 0 heterocycles. The number of aromatic hydroxyl groups is 3. The van der Waals surface area contributed by atoms with Crippen LogP contribution in [0.25, 0.3) is 89.6 Å². The predicted molar refractivity (Wildman–Crippen MR) is 554 cm³/mol. The molecule has 12 nitrogen and oxygen atoms in total. The molecule has 0 radical (unpaired) electrons. The van der Waals surface area contributed by atoms with Gasteiger partial charge in [-0.15, -0.1) is 0 Å². The number of halogens is 3.